The molecule has 3 rings (SSSR count). The van der Waals surface area contributed by atoms with Crippen molar-refractivity contribution in [2.45, 2.75) is 33.2 Å². The average molecular weight is 426 g/mol. The lowest BCUT2D eigenvalue weighted by Gasteiger charge is -2.18. The van der Waals surface area contributed by atoms with Gasteiger partial charge in [-0.2, -0.15) is 0 Å². The van der Waals surface area contributed by atoms with Crippen LogP contribution in [0.15, 0.2) is 59.0 Å². The van der Waals surface area contributed by atoms with Crippen LogP contribution >= 0.6 is 11.6 Å². The van der Waals surface area contributed by atoms with Gasteiger partial charge < -0.3 is 14.5 Å². The van der Waals surface area contributed by atoms with Gasteiger partial charge in [-0.25, -0.2) is 4.79 Å². The van der Waals surface area contributed by atoms with Crippen LogP contribution in [-0.4, -0.2) is 24.5 Å². The van der Waals surface area contributed by atoms with Crippen molar-refractivity contribution >= 4 is 23.5 Å². The molecule has 1 amide bonds. The zero-order chi connectivity index (χ0) is 21.7. The van der Waals surface area contributed by atoms with Gasteiger partial charge in [0.2, 0.25) is 0 Å². The van der Waals surface area contributed by atoms with E-state index in [1.54, 1.807) is 26.0 Å². The van der Waals surface area contributed by atoms with Gasteiger partial charge in [0.05, 0.1) is 12.2 Å². The van der Waals surface area contributed by atoms with Crippen LogP contribution in [0, 0.1) is 13.8 Å². The van der Waals surface area contributed by atoms with Crippen molar-refractivity contribution in [1.82, 2.24) is 5.32 Å². The van der Waals surface area contributed by atoms with Crippen LogP contribution in [0.25, 0.3) is 11.1 Å². The van der Waals surface area contributed by atoms with Crippen molar-refractivity contribution < 1.29 is 18.7 Å². The Morgan fingerprint density at radius 1 is 1.03 bits per heavy atom. The normalized spacial score (nSPS) is 11.7. The van der Waals surface area contributed by atoms with Gasteiger partial charge >= 0.3 is 5.97 Å². The molecule has 1 unspecified atom stereocenters. The highest BCUT2D eigenvalue weighted by Crippen LogP contribution is 2.32. The second-order valence-electron chi connectivity index (χ2n) is 6.94. The minimum atomic E-state index is -0.836. The molecular weight excluding hydrogens is 402 g/mol. The fraction of sp³-hybridized carbons (Fsp3) is 0.250. The third-order valence-corrected chi connectivity index (χ3v) is 5.03. The van der Waals surface area contributed by atoms with Gasteiger partial charge in [0.1, 0.15) is 17.6 Å². The number of halogens is 1. The highest BCUT2D eigenvalue weighted by atomic mass is 35.5. The summed E-state index contributed by atoms with van der Waals surface area (Å²) in [6.45, 7) is 5.52. The molecule has 0 fully saturated rings. The number of hydrogen-bond acceptors (Lipinski definition) is 4. The van der Waals surface area contributed by atoms with Gasteiger partial charge in [0, 0.05) is 17.0 Å². The second-order valence-corrected chi connectivity index (χ2v) is 7.38. The number of esters is 1. The molecule has 0 saturated heterocycles. The lowest BCUT2D eigenvalue weighted by atomic mass is 9.99. The Morgan fingerprint density at radius 3 is 2.33 bits per heavy atom. The molecule has 1 atom stereocenters. The third-order valence-electron chi connectivity index (χ3n) is 4.78. The summed E-state index contributed by atoms with van der Waals surface area (Å²) in [6, 6.07) is 15.9. The molecule has 0 saturated carbocycles. The first-order chi connectivity index (χ1) is 14.4. The minimum Gasteiger partial charge on any atom is -0.465 e. The number of aryl methyl sites for hydroxylation is 2. The Bertz CT molecular complexity index is 1030. The van der Waals surface area contributed by atoms with Crippen molar-refractivity contribution in [2.75, 3.05) is 6.61 Å². The molecule has 0 aliphatic carbocycles. The molecule has 0 bridgehead atoms. The first-order valence-electron chi connectivity index (χ1n) is 9.78. The number of rotatable bonds is 7. The maximum Gasteiger partial charge on any atom is 0.328 e. The number of hydrogen-bond donors (Lipinski definition) is 1. The van der Waals surface area contributed by atoms with Crippen LogP contribution in [-0.2, 0) is 16.0 Å². The molecule has 0 radical (unpaired) electrons. The topological polar surface area (TPSA) is 68.5 Å². The van der Waals surface area contributed by atoms with E-state index in [4.69, 9.17) is 20.8 Å². The van der Waals surface area contributed by atoms with Crippen LogP contribution in [0.2, 0.25) is 5.02 Å². The monoisotopic (exact) mass is 425 g/mol. The minimum absolute atomic E-state index is 0.227. The first kappa shape index (κ1) is 21.7. The lowest BCUT2D eigenvalue weighted by molar-refractivity contribution is -0.145. The molecule has 5 nitrogen and oxygen atoms in total. The fourth-order valence-electron chi connectivity index (χ4n) is 3.43. The third kappa shape index (κ3) is 4.92. The molecule has 30 heavy (non-hydrogen) atoms. The van der Waals surface area contributed by atoms with Crippen molar-refractivity contribution in [2.24, 2.45) is 0 Å². The highest BCUT2D eigenvalue weighted by molar-refractivity contribution is 6.30. The summed E-state index contributed by atoms with van der Waals surface area (Å²) >= 11 is 5.95. The van der Waals surface area contributed by atoms with E-state index in [0.29, 0.717) is 22.1 Å². The van der Waals surface area contributed by atoms with Gasteiger partial charge in [-0.05, 0) is 44.0 Å². The van der Waals surface area contributed by atoms with Crippen LogP contribution in [0.3, 0.4) is 0 Å². The summed E-state index contributed by atoms with van der Waals surface area (Å²) < 4.78 is 10.9. The van der Waals surface area contributed by atoms with Crippen LogP contribution in [0.5, 0.6) is 0 Å². The number of benzene rings is 2. The number of ether oxygens (including phenoxy) is 1. The van der Waals surface area contributed by atoms with Crippen molar-refractivity contribution in [3.05, 3.63) is 82.3 Å². The van der Waals surface area contributed by atoms with E-state index in [2.05, 4.69) is 5.32 Å². The average Bonchev–Trinajstić information content (AvgIpc) is 3.03. The van der Waals surface area contributed by atoms with Gasteiger partial charge in [-0.1, -0.05) is 54.1 Å². The molecule has 0 aliphatic rings. The predicted octanol–water partition coefficient (Wildman–Crippen LogP) is 5.12. The van der Waals surface area contributed by atoms with Gasteiger partial charge in [-0.15, -0.1) is 0 Å². The molecule has 3 aromatic rings. The maximum absolute atomic E-state index is 13.2. The van der Waals surface area contributed by atoms with E-state index in [1.165, 1.54) is 0 Å². The van der Waals surface area contributed by atoms with E-state index in [-0.39, 0.29) is 18.9 Å². The summed E-state index contributed by atoms with van der Waals surface area (Å²) in [5.41, 5.74) is 2.88. The van der Waals surface area contributed by atoms with Crippen molar-refractivity contribution in [3.63, 3.8) is 0 Å². The number of furan rings is 1. The molecule has 1 aromatic heterocycles. The molecule has 1 N–H and O–H groups in total. The Balaban J connectivity index is 1.91. The van der Waals surface area contributed by atoms with Gasteiger partial charge in [0.25, 0.3) is 5.91 Å². The van der Waals surface area contributed by atoms with Crippen molar-refractivity contribution in [3.8, 4) is 11.1 Å². The summed E-state index contributed by atoms with van der Waals surface area (Å²) in [4.78, 5) is 25.8. The standard InChI is InChI=1S/C24H24ClNO4/c1-4-29-24(28)20(14-17-10-12-19(25)13-11-17)26-23(27)22-16(3)30-15(2)21(22)18-8-6-5-7-9-18/h5-13,20H,4,14H2,1-3H3,(H,26,27). The van der Waals surface area contributed by atoms with E-state index < -0.39 is 12.0 Å². The van der Waals surface area contributed by atoms with Crippen LogP contribution in [0.4, 0.5) is 0 Å². The van der Waals surface area contributed by atoms with E-state index in [9.17, 15) is 9.59 Å². The molecule has 156 valence electrons. The Morgan fingerprint density at radius 2 is 1.70 bits per heavy atom. The molecule has 0 aliphatic heterocycles. The summed E-state index contributed by atoms with van der Waals surface area (Å²) in [5.74, 6) is 0.280. The van der Waals surface area contributed by atoms with Gasteiger partial charge in [0.15, 0.2) is 0 Å². The Labute approximate surface area is 181 Å². The molecular formula is C24H24ClNO4. The van der Waals surface area contributed by atoms with E-state index in [1.807, 2.05) is 49.4 Å². The zero-order valence-corrected chi connectivity index (χ0v) is 18.0. The molecule has 2 aromatic carbocycles. The molecule has 6 heteroatoms. The van der Waals surface area contributed by atoms with E-state index >= 15 is 0 Å². The van der Waals surface area contributed by atoms with E-state index in [0.717, 1.165) is 16.7 Å². The fourth-order valence-corrected chi connectivity index (χ4v) is 3.56. The summed E-state index contributed by atoms with van der Waals surface area (Å²) in [6.07, 6.45) is 0.290. The molecule has 0 spiro atoms. The highest BCUT2D eigenvalue weighted by Gasteiger charge is 2.28. The summed E-state index contributed by atoms with van der Waals surface area (Å²) in [7, 11) is 0. The smallest absolute Gasteiger partial charge is 0.328 e. The lowest BCUT2D eigenvalue weighted by Crippen LogP contribution is -2.43. The first-order valence-corrected chi connectivity index (χ1v) is 10.2. The van der Waals surface area contributed by atoms with Crippen molar-refractivity contribution in [1.29, 1.82) is 0 Å². The molecule has 1 heterocycles. The van der Waals surface area contributed by atoms with Gasteiger partial charge in [-0.3, -0.25) is 4.79 Å². The zero-order valence-electron chi connectivity index (χ0n) is 17.2. The number of carbonyl (C=O) groups excluding carboxylic acids is 2. The second kappa shape index (κ2) is 9.63. The number of carbonyl (C=O) groups is 2. The number of amides is 1. The Kier molecular flexibility index (Phi) is 6.95. The number of nitrogens with one attached hydrogen (secondary N) is 1. The predicted molar refractivity (Wildman–Crippen MR) is 117 cm³/mol. The van der Waals surface area contributed by atoms with Crippen LogP contribution in [0.1, 0.15) is 34.4 Å². The summed E-state index contributed by atoms with van der Waals surface area (Å²) in [5, 5.41) is 3.44. The maximum atomic E-state index is 13.2. The van der Waals surface area contributed by atoms with Crippen LogP contribution < -0.4 is 5.32 Å². The Hall–Kier alpha value is -3.05. The SMILES string of the molecule is CCOC(=O)C(Cc1ccc(Cl)cc1)NC(=O)c1c(C)oc(C)c1-c1ccccc1. The largest absolute Gasteiger partial charge is 0.465 e. The quantitative estimate of drug-likeness (QED) is 0.533.